The molecule has 0 aliphatic rings. The van der Waals surface area contributed by atoms with Crippen LogP contribution in [0.2, 0.25) is 0 Å². The number of terminal acetylenes is 1. The second kappa shape index (κ2) is 5.65. The van der Waals surface area contributed by atoms with E-state index < -0.39 is 17.9 Å². The first kappa shape index (κ1) is 12.7. The van der Waals surface area contributed by atoms with Crippen molar-refractivity contribution in [1.82, 2.24) is 20.5 Å². The number of carbonyl (C=O) groups is 2. The second-order valence-electron chi connectivity index (χ2n) is 3.23. The molecule has 0 saturated heterocycles. The Morgan fingerprint density at radius 3 is 2.82 bits per heavy atom. The van der Waals surface area contributed by atoms with Crippen LogP contribution in [0.25, 0.3) is 0 Å². The van der Waals surface area contributed by atoms with Crippen molar-refractivity contribution in [2.24, 2.45) is 0 Å². The number of rotatable bonds is 5. The number of aromatic nitrogens is 3. The molecule has 90 valence electrons. The van der Waals surface area contributed by atoms with Crippen molar-refractivity contribution in [3.8, 4) is 12.3 Å². The highest BCUT2D eigenvalue weighted by Gasteiger charge is 2.21. The van der Waals surface area contributed by atoms with Gasteiger partial charge in [-0.1, -0.05) is 6.92 Å². The number of aliphatic carboxylic acids is 1. The molecule has 1 unspecified atom stereocenters. The van der Waals surface area contributed by atoms with Crippen LogP contribution in [-0.2, 0) is 11.2 Å². The van der Waals surface area contributed by atoms with E-state index >= 15 is 0 Å². The monoisotopic (exact) mass is 236 g/mol. The van der Waals surface area contributed by atoms with Crippen LogP contribution in [0.5, 0.6) is 0 Å². The van der Waals surface area contributed by atoms with Crippen molar-refractivity contribution in [2.45, 2.75) is 25.8 Å². The summed E-state index contributed by atoms with van der Waals surface area (Å²) in [6.45, 7) is 1.85. The zero-order valence-electron chi connectivity index (χ0n) is 9.23. The van der Waals surface area contributed by atoms with Crippen molar-refractivity contribution in [1.29, 1.82) is 0 Å². The van der Waals surface area contributed by atoms with Gasteiger partial charge in [0.25, 0.3) is 5.91 Å². The van der Waals surface area contributed by atoms with E-state index in [2.05, 4.69) is 26.4 Å². The minimum atomic E-state index is -1.19. The van der Waals surface area contributed by atoms with Crippen LogP contribution in [0.15, 0.2) is 0 Å². The van der Waals surface area contributed by atoms with E-state index in [4.69, 9.17) is 11.5 Å². The van der Waals surface area contributed by atoms with Gasteiger partial charge in [0.1, 0.15) is 11.9 Å². The molecule has 0 aromatic carbocycles. The molecule has 1 aromatic rings. The van der Waals surface area contributed by atoms with Gasteiger partial charge >= 0.3 is 5.97 Å². The van der Waals surface area contributed by atoms with E-state index in [9.17, 15) is 9.59 Å². The first-order valence-electron chi connectivity index (χ1n) is 4.96. The predicted molar refractivity (Wildman–Crippen MR) is 58.1 cm³/mol. The first-order valence-corrected chi connectivity index (χ1v) is 4.96. The molecular formula is C10H12N4O3. The number of aromatic amines is 1. The van der Waals surface area contributed by atoms with Gasteiger partial charge in [0.2, 0.25) is 5.82 Å². The average molecular weight is 236 g/mol. The van der Waals surface area contributed by atoms with Crippen LogP contribution in [0, 0.1) is 12.3 Å². The van der Waals surface area contributed by atoms with Crippen LogP contribution in [0.3, 0.4) is 0 Å². The van der Waals surface area contributed by atoms with Crippen molar-refractivity contribution in [2.75, 3.05) is 0 Å². The maximum atomic E-state index is 11.6. The normalized spacial score (nSPS) is 11.5. The molecular weight excluding hydrogens is 224 g/mol. The van der Waals surface area contributed by atoms with E-state index in [0.717, 1.165) is 0 Å². The lowest BCUT2D eigenvalue weighted by Gasteiger charge is -2.09. The van der Waals surface area contributed by atoms with Crippen LogP contribution in [0.1, 0.15) is 29.8 Å². The van der Waals surface area contributed by atoms with Crippen LogP contribution < -0.4 is 5.32 Å². The number of hydrogen-bond donors (Lipinski definition) is 3. The maximum absolute atomic E-state index is 11.6. The van der Waals surface area contributed by atoms with Crippen LogP contribution in [0.4, 0.5) is 0 Å². The third-order valence-corrected chi connectivity index (χ3v) is 2.00. The summed E-state index contributed by atoms with van der Waals surface area (Å²) in [6, 6.07) is -1.13. The number of H-pyrrole nitrogens is 1. The first-order chi connectivity index (χ1) is 8.08. The number of nitrogens with one attached hydrogen (secondary N) is 2. The van der Waals surface area contributed by atoms with Gasteiger partial charge in [-0.25, -0.2) is 9.78 Å². The molecule has 0 aliphatic carbocycles. The van der Waals surface area contributed by atoms with Crippen LogP contribution in [-0.4, -0.2) is 38.2 Å². The van der Waals surface area contributed by atoms with E-state index in [0.29, 0.717) is 12.2 Å². The summed E-state index contributed by atoms with van der Waals surface area (Å²) in [5, 5.41) is 17.3. The molecule has 17 heavy (non-hydrogen) atoms. The second-order valence-corrected chi connectivity index (χ2v) is 3.23. The fourth-order valence-electron chi connectivity index (χ4n) is 1.10. The zero-order chi connectivity index (χ0) is 12.8. The van der Waals surface area contributed by atoms with E-state index in [-0.39, 0.29) is 12.2 Å². The minimum absolute atomic E-state index is 0.0911. The summed E-state index contributed by atoms with van der Waals surface area (Å²) in [5.74, 6) is 0.785. The summed E-state index contributed by atoms with van der Waals surface area (Å²) >= 11 is 0. The molecule has 1 amide bonds. The van der Waals surface area contributed by atoms with Gasteiger partial charge in [-0.3, -0.25) is 9.89 Å². The van der Waals surface area contributed by atoms with E-state index in [1.807, 2.05) is 6.92 Å². The minimum Gasteiger partial charge on any atom is -0.480 e. The standard InChI is InChI=1S/C10H12N4O3/c1-3-5-6(10(16)17)11-9(15)8-12-7(4-2)13-14-8/h1,6H,4-5H2,2H3,(H,11,15)(H,16,17)(H,12,13,14). The molecule has 0 radical (unpaired) electrons. The number of hydrogen-bond acceptors (Lipinski definition) is 4. The van der Waals surface area contributed by atoms with Crippen molar-refractivity contribution < 1.29 is 14.7 Å². The Kier molecular flexibility index (Phi) is 4.22. The fraction of sp³-hybridized carbons (Fsp3) is 0.400. The average Bonchev–Trinajstić information content (AvgIpc) is 2.76. The van der Waals surface area contributed by atoms with E-state index in [1.54, 1.807) is 0 Å². The Hall–Kier alpha value is -2.36. The Bertz CT molecular complexity index is 460. The van der Waals surface area contributed by atoms with Gasteiger partial charge in [0.05, 0.1) is 0 Å². The molecule has 0 spiro atoms. The van der Waals surface area contributed by atoms with Crippen molar-refractivity contribution in [3.63, 3.8) is 0 Å². The Balaban J connectivity index is 2.70. The smallest absolute Gasteiger partial charge is 0.327 e. The van der Waals surface area contributed by atoms with Crippen molar-refractivity contribution >= 4 is 11.9 Å². The molecule has 0 bridgehead atoms. The molecule has 0 aliphatic heterocycles. The summed E-state index contributed by atoms with van der Waals surface area (Å²) in [7, 11) is 0. The number of amides is 1. The number of carboxylic acids is 1. The quantitative estimate of drug-likeness (QED) is 0.601. The summed E-state index contributed by atoms with van der Waals surface area (Å²) in [6.07, 6.45) is 5.52. The SMILES string of the molecule is C#CCC(NC(=O)c1n[nH]c(CC)n1)C(=O)O. The maximum Gasteiger partial charge on any atom is 0.327 e. The molecule has 1 atom stereocenters. The molecule has 1 rings (SSSR count). The summed E-state index contributed by atoms with van der Waals surface area (Å²) < 4.78 is 0. The summed E-state index contributed by atoms with van der Waals surface area (Å²) in [5.41, 5.74) is 0. The predicted octanol–water partition coefficient (Wildman–Crippen LogP) is -0.427. The topological polar surface area (TPSA) is 108 Å². The number of aryl methyl sites for hydroxylation is 1. The molecule has 0 fully saturated rings. The molecule has 0 saturated carbocycles. The number of carbonyl (C=O) groups excluding carboxylic acids is 1. The lowest BCUT2D eigenvalue weighted by molar-refractivity contribution is -0.139. The zero-order valence-corrected chi connectivity index (χ0v) is 9.23. The van der Waals surface area contributed by atoms with Crippen molar-refractivity contribution in [3.05, 3.63) is 11.6 Å². The Morgan fingerprint density at radius 1 is 1.65 bits per heavy atom. The molecule has 1 aromatic heterocycles. The third kappa shape index (κ3) is 3.31. The molecule has 1 heterocycles. The summed E-state index contributed by atoms with van der Waals surface area (Å²) in [4.78, 5) is 26.2. The number of nitrogens with zero attached hydrogens (tertiary/aromatic N) is 2. The van der Waals surface area contributed by atoms with E-state index in [1.165, 1.54) is 0 Å². The molecule has 3 N–H and O–H groups in total. The van der Waals surface area contributed by atoms with Gasteiger partial charge in [-0.15, -0.1) is 17.4 Å². The lowest BCUT2D eigenvalue weighted by atomic mass is 10.2. The highest BCUT2D eigenvalue weighted by molar-refractivity contribution is 5.93. The van der Waals surface area contributed by atoms with Gasteiger partial charge < -0.3 is 10.4 Å². The van der Waals surface area contributed by atoms with Gasteiger partial charge in [0.15, 0.2) is 0 Å². The highest BCUT2D eigenvalue weighted by Crippen LogP contribution is 1.97. The van der Waals surface area contributed by atoms with Gasteiger partial charge in [0, 0.05) is 12.8 Å². The Morgan fingerprint density at radius 2 is 2.35 bits per heavy atom. The molecule has 7 heteroatoms. The molecule has 7 nitrogen and oxygen atoms in total. The number of carboxylic acid groups (broad SMARTS) is 1. The third-order valence-electron chi connectivity index (χ3n) is 2.00. The lowest BCUT2D eigenvalue weighted by Crippen LogP contribution is -2.40. The van der Waals surface area contributed by atoms with Gasteiger partial charge in [-0.05, 0) is 0 Å². The Labute approximate surface area is 97.6 Å². The van der Waals surface area contributed by atoms with Gasteiger partial charge in [-0.2, -0.15) is 0 Å². The highest BCUT2D eigenvalue weighted by atomic mass is 16.4. The van der Waals surface area contributed by atoms with Crippen LogP contribution >= 0.6 is 0 Å². The fourth-order valence-corrected chi connectivity index (χ4v) is 1.10. The largest absolute Gasteiger partial charge is 0.480 e.